The first-order chi connectivity index (χ1) is 9.28. The fourth-order valence-corrected chi connectivity index (χ4v) is 2.48. The number of anilines is 1. The summed E-state index contributed by atoms with van der Waals surface area (Å²) in [5, 5.41) is 4.90. The number of hydrogen-bond donors (Lipinski definition) is 1. The Bertz CT molecular complexity index is 518. The maximum atomic E-state index is 5.94. The summed E-state index contributed by atoms with van der Waals surface area (Å²) in [4.78, 5) is 4.39. The van der Waals surface area contributed by atoms with Gasteiger partial charge in [-0.15, -0.1) is 0 Å². The summed E-state index contributed by atoms with van der Waals surface area (Å²) in [6, 6.07) is 7.89. The number of nitrogens with one attached hydrogen (secondary N) is 1. The van der Waals surface area contributed by atoms with Crippen LogP contribution in [-0.2, 0) is 17.6 Å². The van der Waals surface area contributed by atoms with Gasteiger partial charge in [0.25, 0.3) is 0 Å². The molecule has 2 rings (SSSR count). The van der Waals surface area contributed by atoms with E-state index in [9.17, 15) is 0 Å². The number of halogens is 1. The molecule has 0 amide bonds. The summed E-state index contributed by atoms with van der Waals surface area (Å²) in [6.07, 6.45) is 1.66. The zero-order chi connectivity index (χ0) is 13.5. The van der Waals surface area contributed by atoms with E-state index in [4.69, 9.17) is 16.3 Å². The quantitative estimate of drug-likeness (QED) is 0.853. The summed E-state index contributed by atoms with van der Waals surface area (Å²) < 4.78 is 9.26. The molecule has 6 heteroatoms. The molecule has 0 spiro atoms. The predicted octanol–water partition coefficient (Wildman–Crippen LogP) is 3.04. The second-order valence-electron chi connectivity index (χ2n) is 4.07. The van der Waals surface area contributed by atoms with Gasteiger partial charge in [-0.3, -0.25) is 0 Å². The number of methoxy groups -OCH3 is 1. The van der Waals surface area contributed by atoms with Crippen molar-refractivity contribution in [3.8, 4) is 0 Å². The Morgan fingerprint density at radius 3 is 3.05 bits per heavy atom. The fourth-order valence-electron chi connectivity index (χ4n) is 1.63. The molecule has 1 aromatic carbocycles. The molecule has 1 heterocycles. The molecule has 0 aliphatic carbocycles. The second kappa shape index (κ2) is 7.43. The molecule has 0 unspecified atom stereocenters. The molecule has 102 valence electrons. The van der Waals surface area contributed by atoms with Crippen LogP contribution in [0.5, 0.6) is 0 Å². The Balaban J connectivity index is 1.77. The van der Waals surface area contributed by atoms with Gasteiger partial charge in [0, 0.05) is 36.6 Å². The third-order valence-electron chi connectivity index (χ3n) is 2.58. The third kappa shape index (κ3) is 4.78. The highest BCUT2D eigenvalue weighted by molar-refractivity contribution is 7.09. The minimum absolute atomic E-state index is 0.651. The first-order valence-electron chi connectivity index (χ1n) is 6.08. The molecular weight excluding hydrogens is 282 g/mol. The molecule has 1 aromatic heterocycles. The Morgan fingerprint density at radius 2 is 2.26 bits per heavy atom. The number of hydrogen-bond acceptors (Lipinski definition) is 5. The number of nitrogens with zero attached hydrogens (tertiary/aromatic N) is 2. The van der Waals surface area contributed by atoms with Gasteiger partial charge in [0.15, 0.2) is 0 Å². The van der Waals surface area contributed by atoms with E-state index in [-0.39, 0.29) is 0 Å². The van der Waals surface area contributed by atoms with Gasteiger partial charge in [-0.25, -0.2) is 4.98 Å². The van der Waals surface area contributed by atoms with E-state index in [0.29, 0.717) is 6.61 Å². The molecule has 2 aromatic rings. The SMILES string of the molecule is COCCc1nsc(NCCc2cccc(Cl)c2)n1. The summed E-state index contributed by atoms with van der Waals surface area (Å²) >= 11 is 7.32. The lowest BCUT2D eigenvalue weighted by molar-refractivity contribution is 0.201. The van der Waals surface area contributed by atoms with Crippen LogP contribution < -0.4 is 5.32 Å². The van der Waals surface area contributed by atoms with E-state index in [1.807, 2.05) is 18.2 Å². The smallest absolute Gasteiger partial charge is 0.202 e. The van der Waals surface area contributed by atoms with E-state index in [1.165, 1.54) is 17.1 Å². The predicted molar refractivity (Wildman–Crippen MR) is 79.1 cm³/mol. The minimum Gasteiger partial charge on any atom is -0.384 e. The van der Waals surface area contributed by atoms with Crippen molar-refractivity contribution in [3.05, 3.63) is 40.7 Å². The highest BCUT2D eigenvalue weighted by Gasteiger charge is 2.03. The molecule has 0 saturated heterocycles. The molecule has 4 nitrogen and oxygen atoms in total. The molecule has 0 fully saturated rings. The minimum atomic E-state index is 0.651. The van der Waals surface area contributed by atoms with Crippen LogP contribution in [0.4, 0.5) is 5.13 Å². The van der Waals surface area contributed by atoms with Gasteiger partial charge in [-0.2, -0.15) is 4.37 Å². The van der Waals surface area contributed by atoms with Gasteiger partial charge in [0.1, 0.15) is 5.82 Å². The lowest BCUT2D eigenvalue weighted by Crippen LogP contribution is -2.05. The maximum Gasteiger partial charge on any atom is 0.202 e. The maximum absolute atomic E-state index is 5.94. The molecule has 0 bridgehead atoms. The van der Waals surface area contributed by atoms with Crippen LogP contribution in [0.15, 0.2) is 24.3 Å². The van der Waals surface area contributed by atoms with Crippen molar-refractivity contribution in [3.63, 3.8) is 0 Å². The van der Waals surface area contributed by atoms with Gasteiger partial charge in [-0.1, -0.05) is 23.7 Å². The zero-order valence-electron chi connectivity index (χ0n) is 10.7. The molecule has 0 aliphatic rings. The van der Waals surface area contributed by atoms with E-state index in [2.05, 4.69) is 20.7 Å². The monoisotopic (exact) mass is 297 g/mol. The van der Waals surface area contributed by atoms with Gasteiger partial charge < -0.3 is 10.1 Å². The van der Waals surface area contributed by atoms with Crippen LogP contribution in [0.3, 0.4) is 0 Å². The zero-order valence-corrected chi connectivity index (χ0v) is 12.3. The average Bonchev–Trinajstić information content (AvgIpc) is 2.84. The Hall–Kier alpha value is -1.17. The van der Waals surface area contributed by atoms with Gasteiger partial charge >= 0.3 is 0 Å². The summed E-state index contributed by atoms with van der Waals surface area (Å²) in [7, 11) is 1.68. The molecule has 0 atom stereocenters. The van der Waals surface area contributed by atoms with E-state index >= 15 is 0 Å². The third-order valence-corrected chi connectivity index (χ3v) is 3.52. The summed E-state index contributed by atoms with van der Waals surface area (Å²) in [5.41, 5.74) is 1.21. The second-order valence-corrected chi connectivity index (χ2v) is 5.25. The van der Waals surface area contributed by atoms with Crippen LogP contribution in [-0.4, -0.2) is 29.6 Å². The average molecular weight is 298 g/mol. The number of benzene rings is 1. The van der Waals surface area contributed by atoms with Crippen LogP contribution >= 0.6 is 23.1 Å². The summed E-state index contributed by atoms with van der Waals surface area (Å²) in [5.74, 6) is 0.831. The van der Waals surface area contributed by atoms with Crippen molar-refractivity contribution in [2.45, 2.75) is 12.8 Å². The highest BCUT2D eigenvalue weighted by Crippen LogP contribution is 2.13. The molecular formula is C13H16ClN3OS. The van der Waals surface area contributed by atoms with Crippen molar-refractivity contribution in [2.75, 3.05) is 25.6 Å². The van der Waals surface area contributed by atoms with E-state index in [0.717, 1.165) is 35.4 Å². The van der Waals surface area contributed by atoms with Crippen molar-refractivity contribution < 1.29 is 4.74 Å². The number of aromatic nitrogens is 2. The van der Waals surface area contributed by atoms with Gasteiger partial charge in [-0.05, 0) is 24.1 Å². The van der Waals surface area contributed by atoms with Crippen LogP contribution in [0.25, 0.3) is 0 Å². The molecule has 1 N–H and O–H groups in total. The summed E-state index contributed by atoms with van der Waals surface area (Å²) in [6.45, 7) is 1.47. The topological polar surface area (TPSA) is 47.0 Å². The standard InChI is InChI=1S/C13H16ClN3OS/c1-18-8-6-12-16-13(19-17-12)15-7-5-10-3-2-4-11(14)9-10/h2-4,9H,5-8H2,1H3,(H,15,16,17). The van der Waals surface area contributed by atoms with Gasteiger partial charge in [0.2, 0.25) is 5.13 Å². The molecule has 0 aliphatic heterocycles. The Labute approximate surface area is 122 Å². The van der Waals surface area contributed by atoms with E-state index in [1.54, 1.807) is 7.11 Å². The fraction of sp³-hybridized carbons (Fsp3) is 0.385. The van der Waals surface area contributed by atoms with Crippen LogP contribution in [0.1, 0.15) is 11.4 Å². The first-order valence-corrected chi connectivity index (χ1v) is 7.23. The van der Waals surface area contributed by atoms with Crippen molar-refractivity contribution in [1.82, 2.24) is 9.36 Å². The number of ether oxygens (including phenoxy) is 1. The first kappa shape index (κ1) is 14.2. The van der Waals surface area contributed by atoms with Crippen LogP contribution in [0.2, 0.25) is 5.02 Å². The van der Waals surface area contributed by atoms with Crippen LogP contribution in [0, 0.1) is 0 Å². The van der Waals surface area contributed by atoms with Crippen molar-refractivity contribution in [2.24, 2.45) is 0 Å². The van der Waals surface area contributed by atoms with Crippen molar-refractivity contribution in [1.29, 1.82) is 0 Å². The lowest BCUT2D eigenvalue weighted by atomic mass is 10.1. The normalized spacial score (nSPS) is 10.6. The Kier molecular flexibility index (Phi) is 5.57. The number of rotatable bonds is 7. The molecule has 19 heavy (non-hydrogen) atoms. The Morgan fingerprint density at radius 1 is 1.37 bits per heavy atom. The lowest BCUT2D eigenvalue weighted by Gasteiger charge is -2.02. The van der Waals surface area contributed by atoms with Crippen molar-refractivity contribution >= 4 is 28.3 Å². The molecule has 0 saturated carbocycles. The van der Waals surface area contributed by atoms with E-state index < -0.39 is 0 Å². The highest BCUT2D eigenvalue weighted by atomic mass is 35.5. The molecule has 0 radical (unpaired) electrons. The largest absolute Gasteiger partial charge is 0.384 e. The van der Waals surface area contributed by atoms with Gasteiger partial charge in [0.05, 0.1) is 6.61 Å².